The molecule has 1 aromatic carbocycles. The molecule has 0 aromatic heterocycles. The van der Waals surface area contributed by atoms with E-state index in [1.807, 2.05) is 24.3 Å². The summed E-state index contributed by atoms with van der Waals surface area (Å²) in [6.45, 7) is 0. The summed E-state index contributed by atoms with van der Waals surface area (Å²) in [5.74, 6) is 0. The first-order valence-electron chi connectivity index (χ1n) is 2.80. The van der Waals surface area contributed by atoms with E-state index in [1.54, 1.807) is 0 Å². The Labute approximate surface area is 57.4 Å². The van der Waals surface area contributed by atoms with Crippen molar-refractivity contribution in [3.8, 4) is 6.07 Å². The Kier molecular flexibility index (Phi) is 1.66. The molecule has 0 radical (unpaired) electrons. The highest BCUT2D eigenvalue weighted by molar-refractivity contribution is 6.33. The molecule has 9 heavy (non-hydrogen) atoms. The Hall–Kier alpha value is -1.07. The van der Waals surface area contributed by atoms with E-state index >= 15 is 0 Å². The minimum atomic E-state index is 0.823. The number of benzene rings is 1. The van der Waals surface area contributed by atoms with Crippen molar-refractivity contribution in [2.75, 3.05) is 0 Å². The number of hydrogen-bond acceptors (Lipinski definition) is 1. The van der Waals surface area contributed by atoms with E-state index in [0.29, 0.717) is 0 Å². The van der Waals surface area contributed by atoms with E-state index < -0.39 is 0 Å². The Morgan fingerprint density at radius 2 is 2.00 bits per heavy atom. The second kappa shape index (κ2) is 2.47. The summed E-state index contributed by atoms with van der Waals surface area (Å²) in [6.07, 6.45) is 0. The summed E-state index contributed by atoms with van der Waals surface area (Å²) in [6, 6.07) is 9.82. The van der Waals surface area contributed by atoms with Gasteiger partial charge in [0.2, 0.25) is 0 Å². The molecule has 1 nitrogen and oxygen atoms in total. The molecule has 0 aliphatic carbocycles. The van der Waals surface area contributed by atoms with Crippen LogP contribution in [0, 0.1) is 11.3 Å². The van der Waals surface area contributed by atoms with E-state index in [0.717, 1.165) is 15.8 Å². The Balaban J connectivity index is 3.20. The molecular weight excluding hydrogens is 126 g/mol. The maximum Gasteiger partial charge on any atom is 0.0989 e. The predicted molar refractivity (Wildman–Crippen MR) is 40.7 cm³/mol. The van der Waals surface area contributed by atoms with Gasteiger partial charge >= 0.3 is 0 Å². The average Bonchev–Trinajstić information content (AvgIpc) is 1.89. The molecule has 0 fully saturated rings. The fourth-order valence-corrected chi connectivity index (χ4v) is 1.17. The van der Waals surface area contributed by atoms with Gasteiger partial charge in [0.05, 0.1) is 11.6 Å². The second-order valence-electron chi connectivity index (χ2n) is 1.93. The lowest BCUT2D eigenvalue weighted by Gasteiger charge is -1.90. The van der Waals surface area contributed by atoms with Gasteiger partial charge in [-0.25, -0.2) is 0 Å². The van der Waals surface area contributed by atoms with Crippen molar-refractivity contribution in [1.82, 2.24) is 0 Å². The van der Waals surface area contributed by atoms with Gasteiger partial charge in [0.25, 0.3) is 0 Å². The van der Waals surface area contributed by atoms with Gasteiger partial charge in [0.15, 0.2) is 0 Å². The van der Waals surface area contributed by atoms with Crippen molar-refractivity contribution in [3.63, 3.8) is 0 Å². The lowest BCUT2D eigenvalue weighted by atomic mass is 10.2. The third-order valence-electron chi connectivity index (χ3n) is 1.27. The highest BCUT2D eigenvalue weighted by Gasteiger charge is 1.89. The summed E-state index contributed by atoms with van der Waals surface area (Å²) < 4.78 is 0. The molecular formula is C7H7NSi. The Morgan fingerprint density at radius 1 is 1.33 bits per heavy atom. The van der Waals surface area contributed by atoms with Crippen LogP contribution in [-0.4, -0.2) is 10.2 Å². The number of nitrogens with zero attached hydrogens (tertiary/aromatic N) is 1. The fourth-order valence-electron chi connectivity index (χ4n) is 0.698. The molecule has 0 unspecified atom stereocenters. The van der Waals surface area contributed by atoms with Crippen molar-refractivity contribution >= 4 is 15.4 Å². The lowest BCUT2D eigenvalue weighted by molar-refractivity contribution is 1.50. The molecule has 0 aliphatic rings. The third kappa shape index (κ3) is 1.18. The predicted octanol–water partition coefficient (Wildman–Crippen LogP) is -0.451. The Bertz CT molecular complexity index is 249. The summed E-state index contributed by atoms with van der Waals surface area (Å²) in [5.41, 5.74) is 0.823. The topological polar surface area (TPSA) is 23.8 Å². The standard InChI is InChI=1S/C7H7NSi/c8-5-6-3-1-2-4-7(6)9/h1-4H,9H3. The zero-order valence-electron chi connectivity index (χ0n) is 5.26. The van der Waals surface area contributed by atoms with Crippen LogP contribution in [0.3, 0.4) is 0 Å². The summed E-state index contributed by atoms with van der Waals surface area (Å²) in [5, 5.41) is 9.67. The second-order valence-corrected chi connectivity index (χ2v) is 3.00. The van der Waals surface area contributed by atoms with Crippen LogP contribution in [0.4, 0.5) is 0 Å². The number of rotatable bonds is 0. The van der Waals surface area contributed by atoms with Crippen molar-refractivity contribution < 1.29 is 0 Å². The molecule has 0 bridgehead atoms. The quantitative estimate of drug-likeness (QED) is 0.440. The van der Waals surface area contributed by atoms with Crippen LogP contribution >= 0.6 is 0 Å². The van der Waals surface area contributed by atoms with Gasteiger partial charge < -0.3 is 0 Å². The van der Waals surface area contributed by atoms with Gasteiger partial charge in [-0.1, -0.05) is 23.4 Å². The molecule has 0 saturated heterocycles. The first-order chi connectivity index (χ1) is 4.34. The smallest absolute Gasteiger partial charge is 0.0989 e. The molecule has 0 spiro atoms. The van der Waals surface area contributed by atoms with Gasteiger partial charge in [-0.15, -0.1) is 0 Å². The molecule has 2 heteroatoms. The summed E-state index contributed by atoms with van der Waals surface area (Å²) in [4.78, 5) is 0. The van der Waals surface area contributed by atoms with E-state index in [-0.39, 0.29) is 0 Å². The highest BCUT2D eigenvalue weighted by Crippen LogP contribution is 1.89. The average molecular weight is 133 g/mol. The molecule has 1 rings (SSSR count). The molecule has 0 saturated carbocycles. The monoisotopic (exact) mass is 133 g/mol. The van der Waals surface area contributed by atoms with E-state index in [2.05, 4.69) is 6.07 Å². The molecule has 1 aromatic rings. The SMILES string of the molecule is N#Cc1ccccc1[SiH3]. The van der Waals surface area contributed by atoms with Crippen molar-refractivity contribution in [3.05, 3.63) is 29.8 Å². The van der Waals surface area contributed by atoms with Gasteiger partial charge in [-0.05, 0) is 6.07 Å². The number of hydrogen-bond donors (Lipinski definition) is 0. The van der Waals surface area contributed by atoms with Crippen LogP contribution in [0.15, 0.2) is 24.3 Å². The van der Waals surface area contributed by atoms with Crippen molar-refractivity contribution in [2.45, 2.75) is 0 Å². The van der Waals surface area contributed by atoms with E-state index in [4.69, 9.17) is 5.26 Å². The fraction of sp³-hybridized carbons (Fsp3) is 0. The van der Waals surface area contributed by atoms with Crippen molar-refractivity contribution in [1.29, 1.82) is 5.26 Å². The Morgan fingerprint density at radius 3 is 2.44 bits per heavy atom. The first kappa shape index (κ1) is 6.05. The van der Waals surface area contributed by atoms with Crippen LogP contribution in [0.1, 0.15) is 5.56 Å². The zero-order valence-corrected chi connectivity index (χ0v) is 7.26. The normalized spacial score (nSPS) is 8.78. The van der Waals surface area contributed by atoms with E-state index in [1.165, 1.54) is 5.19 Å². The molecule has 0 heterocycles. The third-order valence-corrected chi connectivity index (χ3v) is 2.14. The molecule has 0 amide bonds. The maximum absolute atomic E-state index is 8.49. The van der Waals surface area contributed by atoms with Gasteiger partial charge in [0.1, 0.15) is 0 Å². The minimum absolute atomic E-state index is 0.823. The number of nitriles is 1. The largest absolute Gasteiger partial charge is 0.192 e. The minimum Gasteiger partial charge on any atom is -0.192 e. The van der Waals surface area contributed by atoms with Crippen LogP contribution < -0.4 is 5.19 Å². The van der Waals surface area contributed by atoms with Crippen LogP contribution in [-0.2, 0) is 0 Å². The van der Waals surface area contributed by atoms with Gasteiger partial charge in [-0.2, -0.15) is 5.26 Å². The maximum atomic E-state index is 8.49. The highest BCUT2D eigenvalue weighted by atomic mass is 28.1. The first-order valence-corrected chi connectivity index (χ1v) is 3.80. The van der Waals surface area contributed by atoms with Crippen LogP contribution in [0.2, 0.25) is 0 Å². The van der Waals surface area contributed by atoms with Gasteiger partial charge in [0, 0.05) is 10.2 Å². The molecule has 44 valence electrons. The molecule has 0 atom stereocenters. The molecule has 0 N–H and O–H groups in total. The summed E-state index contributed by atoms with van der Waals surface area (Å²) in [7, 11) is 0.963. The zero-order chi connectivity index (χ0) is 6.69. The summed E-state index contributed by atoms with van der Waals surface area (Å²) >= 11 is 0. The van der Waals surface area contributed by atoms with Crippen LogP contribution in [0.25, 0.3) is 0 Å². The van der Waals surface area contributed by atoms with E-state index in [9.17, 15) is 0 Å². The van der Waals surface area contributed by atoms with Gasteiger partial charge in [-0.3, -0.25) is 0 Å². The van der Waals surface area contributed by atoms with Crippen LogP contribution in [0.5, 0.6) is 0 Å². The lowest BCUT2D eigenvalue weighted by Crippen LogP contribution is -2.05. The van der Waals surface area contributed by atoms with Crippen molar-refractivity contribution in [2.24, 2.45) is 0 Å². The molecule has 0 aliphatic heterocycles.